The first-order valence-electron chi connectivity index (χ1n) is 4.97. The van der Waals surface area contributed by atoms with E-state index in [0.717, 1.165) is 4.47 Å². The number of carboxylic acid groups (broad SMARTS) is 1. The SMILES string of the molecule is CCn1c(=O)c(C(=O)O)cc2cc(Br)cnc21. The molecule has 2 aromatic rings. The van der Waals surface area contributed by atoms with Crippen molar-refractivity contribution in [3.63, 3.8) is 0 Å². The van der Waals surface area contributed by atoms with Gasteiger partial charge in [0.2, 0.25) is 0 Å². The molecule has 5 nitrogen and oxygen atoms in total. The zero-order chi connectivity index (χ0) is 12.6. The van der Waals surface area contributed by atoms with Gasteiger partial charge in [0, 0.05) is 22.6 Å². The zero-order valence-corrected chi connectivity index (χ0v) is 10.6. The maximum atomic E-state index is 11.9. The number of carboxylic acids is 1. The summed E-state index contributed by atoms with van der Waals surface area (Å²) in [4.78, 5) is 27.0. The van der Waals surface area contributed by atoms with Crippen molar-refractivity contribution in [2.24, 2.45) is 0 Å². The molecule has 0 radical (unpaired) electrons. The molecule has 0 spiro atoms. The quantitative estimate of drug-likeness (QED) is 0.918. The van der Waals surface area contributed by atoms with Crippen LogP contribution in [0.4, 0.5) is 0 Å². The summed E-state index contributed by atoms with van der Waals surface area (Å²) in [6.45, 7) is 2.15. The monoisotopic (exact) mass is 296 g/mol. The van der Waals surface area contributed by atoms with E-state index >= 15 is 0 Å². The van der Waals surface area contributed by atoms with Crippen molar-refractivity contribution in [1.82, 2.24) is 9.55 Å². The normalized spacial score (nSPS) is 10.7. The van der Waals surface area contributed by atoms with E-state index in [2.05, 4.69) is 20.9 Å². The van der Waals surface area contributed by atoms with E-state index in [1.165, 1.54) is 10.6 Å². The number of rotatable bonds is 2. The van der Waals surface area contributed by atoms with Crippen molar-refractivity contribution >= 4 is 32.9 Å². The summed E-state index contributed by atoms with van der Waals surface area (Å²) in [6.07, 6.45) is 1.58. The highest BCUT2D eigenvalue weighted by atomic mass is 79.9. The van der Waals surface area contributed by atoms with Gasteiger partial charge >= 0.3 is 5.97 Å². The third-order valence-electron chi connectivity index (χ3n) is 2.44. The van der Waals surface area contributed by atoms with E-state index in [1.54, 1.807) is 19.2 Å². The first-order chi connectivity index (χ1) is 8.04. The lowest BCUT2D eigenvalue weighted by atomic mass is 10.2. The van der Waals surface area contributed by atoms with Crippen molar-refractivity contribution in [2.45, 2.75) is 13.5 Å². The molecule has 0 saturated carbocycles. The van der Waals surface area contributed by atoms with E-state index in [0.29, 0.717) is 17.6 Å². The molecular weight excluding hydrogens is 288 g/mol. The summed E-state index contributed by atoms with van der Waals surface area (Å²) in [7, 11) is 0. The van der Waals surface area contributed by atoms with Crippen LogP contribution in [0.5, 0.6) is 0 Å². The van der Waals surface area contributed by atoms with Crippen LogP contribution in [-0.2, 0) is 6.54 Å². The lowest BCUT2D eigenvalue weighted by Crippen LogP contribution is -2.26. The van der Waals surface area contributed by atoms with Gasteiger partial charge in [0.15, 0.2) is 0 Å². The number of aromatic carboxylic acids is 1. The first kappa shape index (κ1) is 11.8. The van der Waals surface area contributed by atoms with E-state index in [4.69, 9.17) is 5.11 Å². The molecule has 17 heavy (non-hydrogen) atoms. The maximum absolute atomic E-state index is 11.9. The van der Waals surface area contributed by atoms with Crippen LogP contribution >= 0.6 is 15.9 Å². The molecule has 2 rings (SSSR count). The van der Waals surface area contributed by atoms with Crippen LogP contribution in [0.3, 0.4) is 0 Å². The number of carbonyl (C=O) groups is 1. The largest absolute Gasteiger partial charge is 0.477 e. The fraction of sp³-hybridized carbons (Fsp3) is 0.182. The van der Waals surface area contributed by atoms with Crippen LogP contribution in [0.15, 0.2) is 27.6 Å². The third kappa shape index (κ3) is 1.95. The van der Waals surface area contributed by atoms with Crippen LogP contribution < -0.4 is 5.56 Å². The zero-order valence-electron chi connectivity index (χ0n) is 8.98. The van der Waals surface area contributed by atoms with Crippen molar-refractivity contribution in [2.75, 3.05) is 0 Å². The highest BCUT2D eigenvalue weighted by Gasteiger charge is 2.14. The Morgan fingerprint density at radius 3 is 2.82 bits per heavy atom. The number of nitrogens with zero attached hydrogens (tertiary/aromatic N) is 2. The molecule has 0 atom stereocenters. The number of aryl methyl sites for hydroxylation is 1. The second-order valence-electron chi connectivity index (χ2n) is 3.48. The lowest BCUT2D eigenvalue weighted by Gasteiger charge is -2.08. The van der Waals surface area contributed by atoms with Crippen LogP contribution in [0.2, 0.25) is 0 Å². The van der Waals surface area contributed by atoms with Crippen molar-refractivity contribution in [1.29, 1.82) is 0 Å². The molecular formula is C11H9BrN2O3. The topological polar surface area (TPSA) is 72.2 Å². The van der Waals surface area contributed by atoms with E-state index in [-0.39, 0.29) is 5.56 Å². The van der Waals surface area contributed by atoms with Gasteiger partial charge in [-0.05, 0) is 35.0 Å². The van der Waals surface area contributed by atoms with E-state index in [9.17, 15) is 9.59 Å². The van der Waals surface area contributed by atoms with Gasteiger partial charge in [-0.25, -0.2) is 9.78 Å². The summed E-state index contributed by atoms with van der Waals surface area (Å²) >= 11 is 3.26. The Balaban J connectivity index is 2.94. The fourth-order valence-electron chi connectivity index (χ4n) is 1.68. The van der Waals surface area contributed by atoms with Gasteiger partial charge in [0.1, 0.15) is 11.2 Å². The molecule has 0 bridgehead atoms. The summed E-state index contributed by atoms with van der Waals surface area (Å²) < 4.78 is 2.09. The van der Waals surface area contributed by atoms with Gasteiger partial charge in [-0.3, -0.25) is 9.36 Å². The Hall–Kier alpha value is -1.69. The average molecular weight is 297 g/mol. The second kappa shape index (κ2) is 4.29. The van der Waals surface area contributed by atoms with E-state index < -0.39 is 11.5 Å². The van der Waals surface area contributed by atoms with Crippen LogP contribution in [0.25, 0.3) is 11.0 Å². The standard InChI is InChI=1S/C11H9BrN2O3/c1-2-14-9-6(3-7(12)5-13-9)4-8(10(14)15)11(16)17/h3-5H,2H2,1H3,(H,16,17). The minimum absolute atomic E-state index is 0.237. The predicted molar refractivity (Wildman–Crippen MR) is 66.3 cm³/mol. The van der Waals surface area contributed by atoms with Gasteiger partial charge in [0.05, 0.1) is 0 Å². The molecule has 0 aliphatic heterocycles. The molecule has 0 fully saturated rings. The smallest absolute Gasteiger partial charge is 0.341 e. The van der Waals surface area contributed by atoms with Crippen molar-refractivity contribution in [3.05, 3.63) is 38.7 Å². The Kier molecular flexibility index (Phi) is 2.97. The molecule has 0 aliphatic carbocycles. The Morgan fingerprint density at radius 2 is 2.24 bits per heavy atom. The summed E-state index contributed by atoms with van der Waals surface area (Å²) in [6, 6.07) is 3.09. The number of aromatic nitrogens is 2. The molecule has 0 amide bonds. The van der Waals surface area contributed by atoms with Gasteiger partial charge in [0.25, 0.3) is 5.56 Å². The van der Waals surface area contributed by atoms with Gasteiger partial charge in [-0.2, -0.15) is 0 Å². The van der Waals surface area contributed by atoms with Crippen LogP contribution in [0.1, 0.15) is 17.3 Å². The fourth-order valence-corrected chi connectivity index (χ4v) is 2.03. The van der Waals surface area contributed by atoms with Crippen LogP contribution in [0, 0.1) is 0 Å². The highest BCUT2D eigenvalue weighted by Crippen LogP contribution is 2.17. The van der Waals surface area contributed by atoms with Crippen molar-refractivity contribution < 1.29 is 9.90 Å². The maximum Gasteiger partial charge on any atom is 0.341 e. The third-order valence-corrected chi connectivity index (χ3v) is 2.87. The van der Waals surface area contributed by atoms with Crippen LogP contribution in [-0.4, -0.2) is 20.6 Å². The highest BCUT2D eigenvalue weighted by molar-refractivity contribution is 9.10. The Bertz CT molecular complexity index is 664. The lowest BCUT2D eigenvalue weighted by molar-refractivity contribution is 0.0694. The minimum atomic E-state index is -1.22. The number of pyridine rings is 2. The molecule has 2 aromatic heterocycles. The number of fused-ring (bicyclic) bond motifs is 1. The molecule has 0 saturated heterocycles. The molecule has 88 valence electrons. The van der Waals surface area contributed by atoms with Gasteiger partial charge in [-0.1, -0.05) is 0 Å². The Morgan fingerprint density at radius 1 is 1.53 bits per heavy atom. The van der Waals surface area contributed by atoms with Gasteiger partial charge in [-0.15, -0.1) is 0 Å². The Labute approximate surface area is 105 Å². The molecule has 1 N–H and O–H groups in total. The molecule has 0 unspecified atom stereocenters. The van der Waals surface area contributed by atoms with Crippen molar-refractivity contribution in [3.8, 4) is 0 Å². The second-order valence-corrected chi connectivity index (χ2v) is 4.39. The summed E-state index contributed by atoms with van der Waals surface area (Å²) in [5, 5.41) is 9.59. The molecule has 0 aromatic carbocycles. The number of halogens is 1. The summed E-state index contributed by atoms with van der Waals surface area (Å²) in [5.74, 6) is -1.22. The number of hydrogen-bond donors (Lipinski definition) is 1. The minimum Gasteiger partial charge on any atom is -0.477 e. The summed E-state index contributed by atoms with van der Waals surface area (Å²) in [5.41, 5.74) is -0.271. The number of hydrogen-bond acceptors (Lipinski definition) is 3. The molecule has 6 heteroatoms. The molecule has 2 heterocycles. The first-order valence-corrected chi connectivity index (χ1v) is 5.76. The predicted octanol–water partition coefficient (Wildman–Crippen LogP) is 1.88. The molecule has 0 aliphatic rings. The van der Waals surface area contributed by atoms with Gasteiger partial charge < -0.3 is 5.11 Å². The average Bonchev–Trinajstić information content (AvgIpc) is 2.28. The van der Waals surface area contributed by atoms with E-state index in [1.807, 2.05) is 0 Å².